The normalized spacial score (nSPS) is 17.7. The van der Waals surface area contributed by atoms with Crippen molar-refractivity contribution >= 4 is 22.6 Å². The number of nitrogens with one attached hydrogen (secondary N) is 1. The van der Waals surface area contributed by atoms with Gasteiger partial charge in [-0.3, -0.25) is 4.99 Å². The molecule has 0 aliphatic carbocycles. The number of aliphatic imine (C=N–C) groups is 1. The molecule has 0 saturated heterocycles. The Bertz CT molecular complexity index is 689. The van der Waals surface area contributed by atoms with E-state index in [1.807, 2.05) is 30.3 Å². The quantitative estimate of drug-likeness (QED) is 0.834. The SMILES string of the molecule is Fc1ccc(NC2=NCC(c3ccccc3)S2)c(F)c1F. The molecule has 1 aliphatic rings. The second-order valence-corrected chi connectivity index (χ2v) is 5.70. The highest BCUT2D eigenvalue weighted by molar-refractivity contribution is 8.14. The van der Waals surface area contributed by atoms with Gasteiger partial charge in [-0.2, -0.15) is 0 Å². The first kappa shape index (κ1) is 14.0. The number of anilines is 1. The van der Waals surface area contributed by atoms with Crippen molar-refractivity contribution in [1.29, 1.82) is 0 Å². The molecule has 2 aromatic rings. The second kappa shape index (κ2) is 5.81. The maximum atomic E-state index is 13.6. The Morgan fingerprint density at radius 1 is 1.00 bits per heavy atom. The van der Waals surface area contributed by atoms with E-state index in [2.05, 4.69) is 10.3 Å². The Morgan fingerprint density at radius 3 is 2.52 bits per heavy atom. The molecule has 0 bridgehead atoms. The van der Waals surface area contributed by atoms with Gasteiger partial charge in [0.05, 0.1) is 17.5 Å². The summed E-state index contributed by atoms with van der Waals surface area (Å²) in [5.41, 5.74) is 1.00. The molecule has 0 spiro atoms. The highest BCUT2D eigenvalue weighted by atomic mass is 32.2. The highest BCUT2D eigenvalue weighted by Crippen LogP contribution is 2.35. The average Bonchev–Trinajstić information content (AvgIpc) is 2.97. The third-order valence-corrected chi connectivity index (χ3v) is 4.26. The summed E-state index contributed by atoms with van der Waals surface area (Å²) in [6.45, 7) is 0.558. The van der Waals surface area contributed by atoms with Crippen molar-refractivity contribution in [2.45, 2.75) is 5.25 Å². The number of hydrogen-bond donors (Lipinski definition) is 1. The molecule has 1 atom stereocenters. The summed E-state index contributed by atoms with van der Waals surface area (Å²) in [4.78, 5) is 4.27. The number of benzene rings is 2. The summed E-state index contributed by atoms with van der Waals surface area (Å²) in [5.74, 6) is -3.93. The fourth-order valence-corrected chi connectivity index (χ4v) is 3.05. The minimum Gasteiger partial charge on any atom is -0.332 e. The maximum absolute atomic E-state index is 13.6. The molecule has 6 heteroatoms. The molecule has 2 aromatic carbocycles. The lowest BCUT2D eigenvalue weighted by molar-refractivity contribution is 0.449. The van der Waals surface area contributed by atoms with Gasteiger partial charge >= 0.3 is 0 Å². The summed E-state index contributed by atoms with van der Waals surface area (Å²) in [7, 11) is 0. The van der Waals surface area contributed by atoms with Crippen molar-refractivity contribution < 1.29 is 13.2 Å². The second-order valence-electron chi connectivity index (χ2n) is 4.51. The average molecular weight is 308 g/mol. The molecule has 0 aromatic heterocycles. The monoisotopic (exact) mass is 308 g/mol. The van der Waals surface area contributed by atoms with Crippen molar-refractivity contribution in [3.8, 4) is 0 Å². The Kier molecular flexibility index (Phi) is 3.88. The van der Waals surface area contributed by atoms with Gasteiger partial charge in [0.25, 0.3) is 0 Å². The molecule has 0 saturated carbocycles. The van der Waals surface area contributed by atoms with Crippen LogP contribution in [0.4, 0.5) is 18.9 Å². The van der Waals surface area contributed by atoms with Crippen LogP contribution in [0.2, 0.25) is 0 Å². The number of halogens is 3. The summed E-state index contributed by atoms with van der Waals surface area (Å²) in [6, 6.07) is 11.8. The molecule has 108 valence electrons. The number of nitrogens with zero attached hydrogens (tertiary/aromatic N) is 1. The van der Waals surface area contributed by atoms with E-state index in [0.717, 1.165) is 17.7 Å². The van der Waals surface area contributed by atoms with E-state index in [4.69, 9.17) is 0 Å². The smallest absolute Gasteiger partial charge is 0.196 e. The van der Waals surface area contributed by atoms with Crippen molar-refractivity contribution in [2.24, 2.45) is 4.99 Å². The van der Waals surface area contributed by atoms with Crippen molar-refractivity contribution in [3.63, 3.8) is 0 Å². The first-order valence-corrected chi connectivity index (χ1v) is 7.19. The van der Waals surface area contributed by atoms with E-state index < -0.39 is 17.5 Å². The molecule has 3 rings (SSSR count). The fraction of sp³-hybridized carbons (Fsp3) is 0.133. The minimum absolute atomic E-state index is 0.117. The van der Waals surface area contributed by atoms with Crippen LogP contribution in [0.15, 0.2) is 47.5 Å². The van der Waals surface area contributed by atoms with E-state index in [0.29, 0.717) is 11.7 Å². The van der Waals surface area contributed by atoms with E-state index in [1.165, 1.54) is 11.8 Å². The molecule has 2 nitrogen and oxygen atoms in total. The largest absolute Gasteiger partial charge is 0.332 e. The van der Waals surface area contributed by atoms with Crippen LogP contribution in [-0.2, 0) is 0 Å². The predicted molar refractivity (Wildman–Crippen MR) is 79.0 cm³/mol. The molecular weight excluding hydrogens is 297 g/mol. The van der Waals surface area contributed by atoms with Crippen LogP contribution in [0.3, 0.4) is 0 Å². The van der Waals surface area contributed by atoms with E-state index >= 15 is 0 Å². The van der Waals surface area contributed by atoms with Gasteiger partial charge in [0, 0.05) is 0 Å². The van der Waals surface area contributed by atoms with Gasteiger partial charge in [0.2, 0.25) is 0 Å². The first-order valence-electron chi connectivity index (χ1n) is 6.31. The zero-order valence-corrected chi connectivity index (χ0v) is 11.6. The van der Waals surface area contributed by atoms with Gasteiger partial charge in [-0.1, -0.05) is 42.1 Å². The van der Waals surface area contributed by atoms with Crippen LogP contribution in [-0.4, -0.2) is 11.7 Å². The predicted octanol–water partition coefficient (Wildman–Crippen LogP) is 4.36. The van der Waals surface area contributed by atoms with Gasteiger partial charge in [0.1, 0.15) is 0 Å². The van der Waals surface area contributed by atoms with E-state index in [-0.39, 0.29) is 10.9 Å². The van der Waals surface area contributed by atoms with E-state index in [1.54, 1.807) is 0 Å². The Labute approximate surface area is 124 Å². The Hall–Kier alpha value is -1.95. The molecule has 1 aliphatic heterocycles. The van der Waals surface area contributed by atoms with Crippen molar-refractivity contribution in [3.05, 3.63) is 65.5 Å². The van der Waals surface area contributed by atoms with Gasteiger partial charge in [-0.05, 0) is 17.7 Å². The highest BCUT2D eigenvalue weighted by Gasteiger charge is 2.23. The molecule has 1 unspecified atom stereocenters. The molecule has 21 heavy (non-hydrogen) atoms. The van der Waals surface area contributed by atoms with Crippen molar-refractivity contribution in [1.82, 2.24) is 0 Å². The maximum Gasteiger partial charge on any atom is 0.196 e. The topological polar surface area (TPSA) is 24.4 Å². The number of rotatable bonds is 2. The number of thioether (sulfide) groups is 1. The van der Waals surface area contributed by atoms with Crippen LogP contribution in [0, 0.1) is 17.5 Å². The molecular formula is C15H11F3N2S. The van der Waals surface area contributed by atoms with Gasteiger partial charge in [-0.25, -0.2) is 13.2 Å². The van der Waals surface area contributed by atoms with Crippen LogP contribution in [0.1, 0.15) is 10.8 Å². The first-order chi connectivity index (χ1) is 10.1. The van der Waals surface area contributed by atoms with Crippen LogP contribution >= 0.6 is 11.8 Å². The molecule has 0 fully saturated rings. The molecule has 1 N–H and O–H groups in total. The lowest BCUT2D eigenvalue weighted by atomic mass is 10.1. The zero-order chi connectivity index (χ0) is 14.8. The molecule has 0 amide bonds. The lowest BCUT2D eigenvalue weighted by Gasteiger charge is -2.10. The van der Waals surface area contributed by atoms with Crippen molar-refractivity contribution in [2.75, 3.05) is 11.9 Å². The lowest BCUT2D eigenvalue weighted by Crippen LogP contribution is -2.08. The summed E-state index contributed by atoms with van der Waals surface area (Å²) in [5, 5.41) is 3.34. The van der Waals surface area contributed by atoms with Crippen LogP contribution in [0.25, 0.3) is 0 Å². The number of hydrogen-bond acceptors (Lipinski definition) is 3. The summed E-state index contributed by atoms with van der Waals surface area (Å²) >= 11 is 1.43. The fourth-order valence-electron chi connectivity index (χ4n) is 2.02. The third-order valence-electron chi connectivity index (χ3n) is 3.10. The van der Waals surface area contributed by atoms with E-state index in [9.17, 15) is 13.2 Å². The standard InChI is InChI=1S/C15H11F3N2S/c16-10-6-7-11(14(18)13(10)17)20-15-19-8-12(21-15)9-4-2-1-3-5-9/h1-7,12H,8H2,(H,19,20). The van der Waals surface area contributed by atoms with Gasteiger partial charge in [-0.15, -0.1) is 0 Å². The molecule has 0 radical (unpaired) electrons. The Morgan fingerprint density at radius 2 is 1.76 bits per heavy atom. The Balaban J connectivity index is 1.72. The summed E-state index contributed by atoms with van der Waals surface area (Å²) < 4.78 is 39.6. The summed E-state index contributed by atoms with van der Waals surface area (Å²) in [6.07, 6.45) is 0. The minimum atomic E-state index is -1.48. The van der Waals surface area contributed by atoms with Crippen LogP contribution < -0.4 is 5.32 Å². The van der Waals surface area contributed by atoms with Crippen LogP contribution in [0.5, 0.6) is 0 Å². The number of amidine groups is 1. The third kappa shape index (κ3) is 2.90. The van der Waals surface area contributed by atoms with Gasteiger partial charge < -0.3 is 5.32 Å². The van der Waals surface area contributed by atoms with Gasteiger partial charge in [0.15, 0.2) is 22.6 Å². The zero-order valence-electron chi connectivity index (χ0n) is 10.8. The molecule has 1 heterocycles.